The lowest BCUT2D eigenvalue weighted by Gasteiger charge is -2.32. The molecule has 5 nitrogen and oxygen atoms in total. The monoisotopic (exact) mass is 462 g/mol. The Hall–Kier alpha value is -3.07. The first-order valence-corrected chi connectivity index (χ1v) is 6.83. The standard InChI is InChI=1S/C14H5F11O5/c15-7(11(17,18)12(19,20)13(21,22)14(23,24)25)8(16)30-4-1-2-5(9(26)27)6(3-4)10(28)29/h1-3H,(H,26,27)(H,28,29). The molecule has 168 valence electrons. The second kappa shape index (κ2) is 7.64. The highest BCUT2D eigenvalue weighted by Crippen LogP contribution is 2.55. The van der Waals surface area contributed by atoms with Crippen LogP contribution >= 0.6 is 0 Å². The van der Waals surface area contributed by atoms with Gasteiger partial charge >= 0.3 is 41.9 Å². The number of halogens is 11. The average molecular weight is 462 g/mol. The topological polar surface area (TPSA) is 83.8 Å². The van der Waals surface area contributed by atoms with Crippen molar-refractivity contribution in [3.05, 3.63) is 41.2 Å². The van der Waals surface area contributed by atoms with Crippen molar-refractivity contribution in [2.45, 2.75) is 23.9 Å². The number of benzene rings is 1. The quantitative estimate of drug-likeness (QED) is 0.439. The molecule has 1 aromatic carbocycles. The van der Waals surface area contributed by atoms with E-state index in [0.29, 0.717) is 12.1 Å². The van der Waals surface area contributed by atoms with Crippen LogP contribution in [0.15, 0.2) is 30.0 Å². The molecule has 0 unspecified atom stereocenters. The second-order valence-corrected chi connectivity index (χ2v) is 5.23. The van der Waals surface area contributed by atoms with Gasteiger partial charge in [-0.05, 0) is 18.2 Å². The first kappa shape index (κ1) is 25.0. The normalized spacial score (nSPS) is 14.2. The third kappa shape index (κ3) is 4.11. The fraction of sp³-hybridized carbons (Fsp3) is 0.286. The van der Waals surface area contributed by atoms with E-state index in [4.69, 9.17) is 10.2 Å². The van der Waals surface area contributed by atoms with Crippen LogP contribution in [0.4, 0.5) is 48.3 Å². The molecular formula is C14H5F11O5. The predicted octanol–water partition coefficient (Wildman–Crippen LogP) is 5.04. The van der Waals surface area contributed by atoms with Crippen LogP contribution in [-0.4, -0.2) is 46.1 Å². The Balaban J connectivity index is 3.42. The van der Waals surface area contributed by atoms with E-state index in [2.05, 4.69) is 4.74 Å². The molecule has 0 aliphatic rings. The summed E-state index contributed by atoms with van der Waals surface area (Å²) in [7, 11) is 0. The number of hydrogen-bond donors (Lipinski definition) is 2. The van der Waals surface area contributed by atoms with Gasteiger partial charge in [0.2, 0.25) is 5.83 Å². The minimum atomic E-state index is -7.51. The van der Waals surface area contributed by atoms with Crippen molar-refractivity contribution in [1.82, 2.24) is 0 Å². The minimum Gasteiger partial charge on any atom is -0.478 e. The maximum Gasteiger partial charge on any atom is 0.460 e. The Morgan fingerprint density at radius 3 is 1.63 bits per heavy atom. The van der Waals surface area contributed by atoms with Gasteiger partial charge < -0.3 is 14.9 Å². The molecule has 2 N–H and O–H groups in total. The van der Waals surface area contributed by atoms with Gasteiger partial charge in [0.1, 0.15) is 5.75 Å². The van der Waals surface area contributed by atoms with E-state index >= 15 is 0 Å². The van der Waals surface area contributed by atoms with Crippen LogP contribution in [0.5, 0.6) is 5.75 Å². The highest BCUT2D eigenvalue weighted by atomic mass is 19.4. The lowest BCUT2D eigenvalue weighted by molar-refractivity contribution is -0.392. The lowest BCUT2D eigenvalue weighted by atomic mass is 10.0. The van der Waals surface area contributed by atoms with E-state index < -0.39 is 64.6 Å². The number of ether oxygens (including phenoxy) is 1. The third-order valence-corrected chi connectivity index (χ3v) is 3.25. The lowest BCUT2D eigenvalue weighted by Crippen LogP contribution is -2.61. The Kier molecular flexibility index (Phi) is 6.36. The van der Waals surface area contributed by atoms with Crippen molar-refractivity contribution in [3.63, 3.8) is 0 Å². The molecular weight excluding hydrogens is 457 g/mol. The number of aromatic carboxylic acids is 2. The van der Waals surface area contributed by atoms with Gasteiger partial charge in [-0.1, -0.05) is 0 Å². The fourth-order valence-corrected chi connectivity index (χ4v) is 1.74. The van der Waals surface area contributed by atoms with Crippen LogP contribution < -0.4 is 4.74 Å². The summed E-state index contributed by atoms with van der Waals surface area (Å²) in [6.07, 6.45) is -7.28. The van der Waals surface area contributed by atoms with Crippen LogP contribution in [0, 0.1) is 0 Å². The van der Waals surface area contributed by atoms with Crippen LogP contribution in [0.1, 0.15) is 20.7 Å². The Morgan fingerprint density at radius 1 is 0.767 bits per heavy atom. The molecule has 0 spiro atoms. The molecule has 0 aromatic heterocycles. The number of allylic oxidation sites excluding steroid dienone is 1. The zero-order valence-corrected chi connectivity index (χ0v) is 13.5. The van der Waals surface area contributed by atoms with Crippen LogP contribution in [-0.2, 0) is 0 Å². The zero-order chi connectivity index (χ0) is 23.9. The molecule has 1 rings (SSSR count). The van der Waals surface area contributed by atoms with Gasteiger partial charge in [-0.15, -0.1) is 0 Å². The molecule has 0 saturated carbocycles. The van der Waals surface area contributed by atoms with Crippen LogP contribution in [0.3, 0.4) is 0 Å². The summed E-state index contributed by atoms with van der Waals surface area (Å²) in [4.78, 5) is 21.7. The Bertz CT molecular complexity index is 889. The first-order chi connectivity index (χ1) is 13.3. The molecule has 0 heterocycles. The van der Waals surface area contributed by atoms with Gasteiger partial charge in [0.25, 0.3) is 0 Å². The molecule has 0 aliphatic carbocycles. The molecule has 30 heavy (non-hydrogen) atoms. The predicted molar refractivity (Wildman–Crippen MR) is 71.1 cm³/mol. The molecule has 0 atom stereocenters. The number of alkyl halides is 9. The van der Waals surface area contributed by atoms with E-state index in [0.717, 1.165) is 0 Å². The summed E-state index contributed by atoms with van der Waals surface area (Å²) in [6, 6.07) is -2.63. The first-order valence-electron chi connectivity index (χ1n) is 6.83. The van der Waals surface area contributed by atoms with Crippen LogP contribution in [0.25, 0.3) is 0 Å². The summed E-state index contributed by atoms with van der Waals surface area (Å²) in [5.41, 5.74) is -2.16. The average Bonchev–Trinajstić information content (AvgIpc) is 2.59. The molecule has 0 aliphatic heterocycles. The van der Waals surface area contributed by atoms with Crippen molar-refractivity contribution in [1.29, 1.82) is 0 Å². The number of carboxylic acid groups (broad SMARTS) is 2. The summed E-state index contributed by atoms with van der Waals surface area (Å²) >= 11 is 0. The number of hydrogen-bond acceptors (Lipinski definition) is 3. The van der Waals surface area contributed by atoms with Gasteiger partial charge in [-0.3, -0.25) is 0 Å². The zero-order valence-electron chi connectivity index (χ0n) is 13.5. The molecule has 1 aromatic rings. The van der Waals surface area contributed by atoms with Gasteiger partial charge in [-0.2, -0.15) is 48.3 Å². The molecule has 0 radical (unpaired) electrons. The fourth-order valence-electron chi connectivity index (χ4n) is 1.74. The van der Waals surface area contributed by atoms with E-state index in [9.17, 15) is 57.9 Å². The van der Waals surface area contributed by atoms with E-state index in [1.807, 2.05) is 0 Å². The summed E-state index contributed by atoms with van der Waals surface area (Å²) < 4.78 is 144. The maximum absolute atomic E-state index is 13.5. The van der Waals surface area contributed by atoms with Gasteiger partial charge in [0, 0.05) is 0 Å². The maximum atomic E-state index is 13.5. The number of carbonyl (C=O) groups is 2. The molecule has 0 bridgehead atoms. The second-order valence-electron chi connectivity index (χ2n) is 5.23. The van der Waals surface area contributed by atoms with E-state index in [1.54, 1.807) is 0 Å². The SMILES string of the molecule is O=C(O)c1ccc(OC(F)=C(F)C(F)(F)C(F)(F)C(F)(F)C(F)(F)F)cc1C(=O)O. The minimum absolute atomic E-state index is 0.0965. The van der Waals surface area contributed by atoms with Crippen molar-refractivity contribution < 1.29 is 72.8 Å². The largest absolute Gasteiger partial charge is 0.478 e. The molecule has 0 amide bonds. The highest BCUT2D eigenvalue weighted by Gasteiger charge is 2.83. The summed E-state index contributed by atoms with van der Waals surface area (Å²) in [5, 5.41) is 17.5. The summed E-state index contributed by atoms with van der Waals surface area (Å²) in [5.74, 6) is -31.4. The number of rotatable bonds is 7. The van der Waals surface area contributed by atoms with Gasteiger partial charge in [-0.25, -0.2) is 9.59 Å². The number of carboxylic acids is 2. The third-order valence-electron chi connectivity index (χ3n) is 3.25. The summed E-state index contributed by atoms with van der Waals surface area (Å²) in [6.45, 7) is 0. The highest BCUT2D eigenvalue weighted by molar-refractivity contribution is 6.02. The van der Waals surface area contributed by atoms with E-state index in [1.165, 1.54) is 0 Å². The Morgan fingerprint density at radius 2 is 1.23 bits per heavy atom. The van der Waals surface area contributed by atoms with Crippen molar-refractivity contribution >= 4 is 11.9 Å². The molecule has 16 heteroatoms. The van der Waals surface area contributed by atoms with Gasteiger partial charge in [0.15, 0.2) is 0 Å². The van der Waals surface area contributed by atoms with E-state index in [-0.39, 0.29) is 6.07 Å². The Labute approximate surface area is 157 Å². The van der Waals surface area contributed by atoms with Crippen molar-refractivity contribution in [2.75, 3.05) is 0 Å². The molecule has 0 saturated heterocycles. The van der Waals surface area contributed by atoms with Crippen LogP contribution in [0.2, 0.25) is 0 Å². The van der Waals surface area contributed by atoms with Crippen molar-refractivity contribution in [2.24, 2.45) is 0 Å². The van der Waals surface area contributed by atoms with Crippen molar-refractivity contribution in [3.8, 4) is 5.75 Å². The van der Waals surface area contributed by atoms with Gasteiger partial charge in [0.05, 0.1) is 11.1 Å². The molecule has 0 fully saturated rings. The smallest absolute Gasteiger partial charge is 0.460 e.